The second-order valence-corrected chi connectivity index (χ2v) is 8.76. The molecule has 6 nitrogen and oxygen atoms in total. The van der Waals surface area contributed by atoms with E-state index in [0.29, 0.717) is 18.3 Å². The normalized spacial score (nSPS) is 13.9. The molecular weight excluding hydrogens is 392 g/mol. The van der Waals surface area contributed by atoms with Crippen molar-refractivity contribution in [3.63, 3.8) is 0 Å². The van der Waals surface area contributed by atoms with Crippen LogP contribution in [-0.4, -0.2) is 27.2 Å². The molecule has 0 aliphatic carbocycles. The van der Waals surface area contributed by atoms with Crippen molar-refractivity contribution in [1.29, 1.82) is 0 Å². The van der Waals surface area contributed by atoms with Gasteiger partial charge in [-0.3, -0.25) is 4.99 Å². The van der Waals surface area contributed by atoms with E-state index < -0.39 is 0 Å². The topological polar surface area (TPSA) is 89.1 Å². The van der Waals surface area contributed by atoms with Gasteiger partial charge in [0.2, 0.25) is 5.95 Å². The third kappa shape index (κ3) is 4.36. The summed E-state index contributed by atoms with van der Waals surface area (Å²) in [4.78, 5) is 20.2. The van der Waals surface area contributed by atoms with Gasteiger partial charge in [-0.05, 0) is 44.2 Å². The van der Waals surface area contributed by atoms with Crippen molar-refractivity contribution in [2.45, 2.75) is 53.0 Å². The van der Waals surface area contributed by atoms with Gasteiger partial charge in [-0.1, -0.05) is 31.2 Å². The molecule has 0 amide bonds. The fraction of sp³-hybridized carbons (Fsp3) is 0.391. The molecule has 0 spiro atoms. The fourth-order valence-electron chi connectivity index (χ4n) is 3.71. The molecule has 1 aliphatic heterocycles. The summed E-state index contributed by atoms with van der Waals surface area (Å²) >= 11 is 1.73. The lowest BCUT2D eigenvalue weighted by Crippen LogP contribution is -2.10. The molecule has 3 heterocycles. The van der Waals surface area contributed by atoms with Crippen molar-refractivity contribution in [3.05, 3.63) is 51.7 Å². The van der Waals surface area contributed by atoms with Crippen molar-refractivity contribution in [2.24, 2.45) is 4.99 Å². The van der Waals surface area contributed by atoms with Crippen LogP contribution in [0.5, 0.6) is 0 Å². The van der Waals surface area contributed by atoms with Gasteiger partial charge in [0.1, 0.15) is 10.8 Å². The maximum Gasteiger partial charge on any atom is 0.225 e. The monoisotopic (exact) mass is 420 g/mol. The zero-order valence-electron chi connectivity index (χ0n) is 17.8. The van der Waals surface area contributed by atoms with E-state index in [1.807, 2.05) is 12.1 Å². The number of anilines is 2. The zero-order valence-corrected chi connectivity index (χ0v) is 18.6. The van der Waals surface area contributed by atoms with Crippen LogP contribution in [0.15, 0.2) is 29.3 Å². The average Bonchev–Trinajstić information content (AvgIpc) is 3.09. The highest BCUT2D eigenvalue weighted by Gasteiger charge is 2.20. The molecule has 0 bridgehead atoms. The smallest absolute Gasteiger partial charge is 0.225 e. The van der Waals surface area contributed by atoms with Crippen LogP contribution in [0.1, 0.15) is 47.7 Å². The lowest BCUT2D eigenvalue weighted by atomic mass is 10.1. The number of fused-ring (bicyclic) bond motifs is 1. The Kier molecular flexibility index (Phi) is 6.08. The van der Waals surface area contributed by atoms with Crippen molar-refractivity contribution in [1.82, 2.24) is 15.0 Å². The number of hydrogen-bond donors (Lipinski definition) is 2. The van der Waals surface area contributed by atoms with Gasteiger partial charge in [0, 0.05) is 30.1 Å². The molecule has 4 rings (SSSR count). The van der Waals surface area contributed by atoms with Gasteiger partial charge in [-0.15, -0.1) is 11.3 Å². The minimum atomic E-state index is 0.487. The number of aryl methyl sites for hydroxylation is 3. The Bertz CT molecular complexity index is 1090. The highest BCUT2D eigenvalue weighted by molar-refractivity contribution is 7.15. The molecule has 0 fully saturated rings. The van der Waals surface area contributed by atoms with E-state index in [1.54, 1.807) is 11.3 Å². The lowest BCUT2D eigenvalue weighted by Gasteiger charge is -2.12. The molecule has 1 aliphatic rings. The first-order chi connectivity index (χ1) is 14.5. The Morgan fingerprint density at radius 2 is 1.97 bits per heavy atom. The average molecular weight is 421 g/mol. The van der Waals surface area contributed by atoms with Crippen LogP contribution in [-0.2, 0) is 25.8 Å². The molecule has 0 saturated heterocycles. The van der Waals surface area contributed by atoms with Crippen LogP contribution in [0.2, 0.25) is 0 Å². The predicted octanol–water partition coefficient (Wildman–Crippen LogP) is 4.61. The largest absolute Gasteiger partial charge is 0.383 e. The Morgan fingerprint density at radius 3 is 2.77 bits per heavy atom. The highest BCUT2D eigenvalue weighted by atomic mass is 32.1. The second kappa shape index (κ2) is 8.92. The van der Waals surface area contributed by atoms with Crippen molar-refractivity contribution in [2.75, 3.05) is 17.6 Å². The number of rotatable bonds is 5. The Balaban J connectivity index is 1.63. The summed E-state index contributed by atoms with van der Waals surface area (Å²) in [5.41, 5.74) is 13.0. The molecule has 156 valence electrons. The number of aromatic nitrogens is 3. The van der Waals surface area contributed by atoms with Crippen LogP contribution in [0.25, 0.3) is 10.6 Å². The van der Waals surface area contributed by atoms with E-state index >= 15 is 0 Å². The Labute approximate surface area is 181 Å². The predicted molar refractivity (Wildman–Crippen MR) is 125 cm³/mol. The van der Waals surface area contributed by atoms with E-state index in [2.05, 4.69) is 48.2 Å². The summed E-state index contributed by atoms with van der Waals surface area (Å²) in [6, 6.07) is 8.30. The van der Waals surface area contributed by atoms with Gasteiger partial charge in [0.25, 0.3) is 0 Å². The summed E-state index contributed by atoms with van der Waals surface area (Å²) in [5, 5.41) is 4.26. The number of hydrogen-bond acceptors (Lipinski definition) is 7. The fourth-order valence-corrected chi connectivity index (χ4v) is 4.90. The van der Waals surface area contributed by atoms with Crippen molar-refractivity contribution in [3.8, 4) is 10.6 Å². The van der Waals surface area contributed by atoms with Crippen LogP contribution in [0.3, 0.4) is 0 Å². The number of aliphatic imine (C=N–C) groups is 1. The number of nitrogens with one attached hydrogen (secondary N) is 1. The third-order valence-electron chi connectivity index (χ3n) is 5.40. The summed E-state index contributed by atoms with van der Waals surface area (Å²) in [5.74, 6) is 1.05. The number of nitrogens with zero attached hydrogens (tertiary/aromatic N) is 4. The first kappa shape index (κ1) is 20.5. The van der Waals surface area contributed by atoms with Gasteiger partial charge in [-0.25, -0.2) is 9.97 Å². The van der Waals surface area contributed by atoms with E-state index in [-0.39, 0.29) is 0 Å². The minimum Gasteiger partial charge on any atom is -0.383 e. The number of thiazole rings is 1. The number of benzene rings is 1. The molecule has 2 aromatic heterocycles. The maximum atomic E-state index is 6.43. The standard InChI is InChI=1S/C23H28N6S/c1-4-17-20(22-27-18-12-15(3)25-11-7-10-19(18)30-22)21(24)29-23(28-17)26-13-16-9-6-5-8-14(16)2/h5-6,8-9H,4,7,10-13H2,1-3H3,(H3,24,26,28,29). The summed E-state index contributed by atoms with van der Waals surface area (Å²) < 4.78 is 0. The van der Waals surface area contributed by atoms with Gasteiger partial charge in [0.15, 0.2) is 0 Å². The first-order valence-electron chi connectivity index (χ1n) is 10.5. The van der Waals surface area contributed by atoms with Gasteiger partial charge in [0.05, 0.1) is 17.0 Å². The Hall–Kier alpha value is -2.80. The number of nitrogens with two attached hydrogens (primary N) is 1. The zero-order chi connectivity index (χ0) is 21.1. The maximum absolute atomic E-state index is 6.43. The third-order valence-corrected chi connectivity index (χ3v) is 6.58. The molecule has 1 aromatic carbocycles. The highest BCUT2D eigenvalue weighted by Crippen LogP contribution is 2.35. The Morgan fingerprint density at radius 1 is 1.13 bits per heavy atom. The van der Waals surface area contributed by atoms with Gasteiger partial charge >= 0.3 is 0 Å². The first-order valence-corrected chi connectivity index (χ1v) is 11.3. The molecule has 0 atom stereocenters. The molecular formula is C23H28N6S. The van der Waals surface area contributed by atoms with Crippen LogP contribution in [0.4, 0.5) is 11.8 Å². The molecule has 0 unspecified atom stereocenters. The van der Waals surface area contributed by atoms with Crippen LogP contribution in [0, 0.1) is 6.92 Å². The van der Waals surface area contributed by atoms with Crippen molar-refractivity contribution < 1.29 is 0 Å². The van der Waals surface area contributed by atoms with Crippen LogP contribution >= 0.6 is 11.3 Å². The second-order valence-electron chi connectivity index (χ2n) is 7.67. The summed E-state index contributed by atoms with van der Waals surface area (Å²) in [7, 11) is 0. The van der Waals surface area contributed by atoms with E-state index in [0.717, 1.165) is 59.9 Å². The molecule has 3 N–H and O–H groups in total. The lowest BCUT2D eigenvalue weighted by molar-refractivity contribution is 0.819. The molecule has 3 aromatic rings. The minimum absolute atomic E-state index is 0.487. The van der Waals surface area contributed by atoms with Gasteiger partial charge in [-0.2, -0.15) is 4.98 Å². The SMILES string of the molecule is CCc1nc(NCc2ccccc2C)nc(N)c1-c1nc2c(s1)CCCN=C(C)C2. The summed E-state index contributed by atoms with van der Waals surface area (Å²) in [6.07, 6.45) is 3.65. The van der Waals surface area contributed by atoms with E-state index in [4.69, 9.17) is 15.7 Å². The molecule has 0 radical (unpaired) electrons. The summed E-state index contributed by atoms with van der Waals surface area (Å²) in [6.45, 7) is 7.84. The van der Waals surface area contributed by atoms with Crippen molar-refractivity contribution >= 4 is 28.8 Å². The number of nitrogen functional groups attached to an aromatic ring is 1. The van der Waals surface area contributed by atoms with Gasteiger partial charge < -0.3 is 11.1 Å². The molecule has 7 heteroatoms. The van der Waals surface area contributed by atoms with E-state index in [1.165, 1.54) is 16.0 Å². The van der Waals surface area contributed by atoms with Crippen LogP contribution < -0.4 is 11.1 Å². The molecule has 30 heavy (non-hydrogen) atoms. The van der Waals surface area contributed by atoms with E-state index in [9.17, 15) is 0 Å². The molecule has 0 saturated carbocycles. The quantitative estimate of drug-likeness (QED) is 0.629.